The second-order valence-corrected chi connectivity index (χ2v) is 3.81. The molecule has 0 saturated carbocycles. The average Bonchev–Trinajstić information content (AvgIpc) is 2.35. The second-order valence-electron chi connectivity index (χ2n) is 3.81. The predicted molar refractivity (Wildman–Crippen MR) is 64.1 cm³/mol. The molecular weight excluding hydrogens is 216 g/mol. The molecule has 0 aliphatic heterocycles. The van der Waals surface area contributed by atoms with Crippen molar-refractivity contribution < 1.29 is 13.6 Å². The zero-order chi connectivity index (χ0) is 15.2. The molecule has 1 N–H and O–H groups in total. The van der Waals surface area contributed by atoms with Gasteiger partial charge < -0.3 is 10.1 Å². The van der Waals surface area contributed by atoms with Crippen LogP contribution in [0.2, 0.25) is 0 Å². The van der Waals surface area contributed by atoms with Crippen molar-refractivity contribution in [2.45, 2.75) is 32.3 Å². The molecule has 0 aromatic heterocycles. The van der Waals surface area contributed by atoms with Crippen LogP contribution in [-0.2, 0) is 11.3 Å². The van der Waals surface area contributed by atoms with Crippen molar-refractivity contribution in [3.63, 3.8) is 0 Å². The van der Waals surface area contributed by atoms with Crippen LogP contribution in [0.4, 0.5) is 4.79 Å². The lowest BCUT2D eigenvalue weighted by molar-refractivity contribution is 0.132. The van der Waals surface area contributed by atoms with E-state index in [1.807, 2.05) is 18.2 Å². The van der Waals surface area contributed by atoms with Crippen LogP contribution >= 0.6 is 0 Å². The Morgan fingerprint density at radius 3 is 2.88 bits per heavy atom. The summed E-state index contributed by atoms with van der Waals surface area (Å²) in [5.41, 5.74) is -0.684. The number of rotatable bonds is 4. The lowest BCUT2D eigenvalue weighted by Crippen LogP contribution is -2.44. The molecule has 4 nitrogen and oxygen atoms in total. The summed E-state index contributed by atoms with van der Waals surface area (Å²) in [6.07, 6.45) is -1.26. The van der Waals surface area contributed by atoms with Crippen LogP contribution in [0.3, 0.4) is 0 Å². The minimum Gasteiger partial charge on any atom is -0.445 e. The third-order valence-electron chi connectivity index (χ3n) is 2.19. The highest BCUT2D eigenvalue weighted by atomic mass is 16.5. The summed E-state index contributed by atoms with van der Waals surface area (Å²) in [5, 5.41) is 11.3. The van der Waals surface area contributed by atoms with Gasteiger partial charge in [-0.15, -0.1) is 0 Å². The van der Waals surface area contributed by atoms with E-state index in [1.54, 1.807) is 18.2 Å². The monoisotopic (exact) mass is 235 g/mol. The molecule has 0 aliphatic carbocycles. The number of carbonyl (C=O) groups is 1. The molecule has 4 heteroatoms. The van der Waals surface area contributed by atoms with Gasteiger partial charge in [0.25, 0.3) is 0 Å². The average molecular weight is 235 g/mol. The van der Waals surface area contributed by atoms with E-state index >= 15 is 0 Å². The molecule has 1 rings (SSSR count). The molecule has 0 spiro atoms. The molecule has 0 radical (unpaired) electrons. The number of nitrogens with zero attached hydrogens (tertiary/aromatic N) is 1. The largest absolute Gasteiger partial charge is 0.445 e. The number of ether oxygens (including phenoxy) is 1. The Labute approximate surface area is 105 Å². The molecule has 0 saturated heterocycles. The van der Waals surface area contributed by atoms with Crippen LogP contribution in [0.15, 0.2) is 30.3 Å². The van der Waals surface area contributed by atoms with E-state index in [2.05, 4.69) is 5.32 Å². The first-order valence-electron chi connectivity index (χ1n) is 6.64. The van der Waals surface area contributed by atoms with Gasteiger partial charge in [0, 0.05) is 4.11 Å². The van der Waals surface area contributed by atoms with Gasteiger partial charge in [-0.3, -0.25) is 0 Å². The number of nitrogens with one attached hydrogen (secondary N) is 1. The summed E-state index contributed by atoms with van der Waals surface area (Å²) < 4.78 is 26.4. The van der Waals surface area contributed by atoms with Crippen molar-refractivity contribution >= 4 is 6.09 Å². The van der Waals surface area contributed by atoms with Crippen LogP contribution in [0.25, 0.3) is 0 Å². The Morgan fingerprint density at radius 2 is 2.29 bits per heavy atom. The van der Waals surface area contributed by atoms with Crippen LogP contribution in [-0.4, -0.2) is 11.6 Å². The number of hydrogen-bond acceptors (Lipinski definition) is 3. The summed E-state index contributed by atoms with van der Waals surface area (Å²) in [5.74, 6) is 0. The summed E-state index contributed by atoms with van der Waals surface area (Å²) in [6.45, 7) is -0.901. The Bertz CT molecular complexity index is 497. The maximum absolute atomic E-state index is 11.6. The van der Waals surface area contributed by atoms with Gasteiger partial charge in [-0.1, -0.05) is 37.2 Å². The number of hydrogen-bond donors (Lipinski definition) is 1. The molecule has 17 heavy (non-hydrogen) atoms. The van der Waals surface area contributed by atoms with Crippen molar-refractivity contribution in [2.24, 2.45) is 0 Å². The fourth-order valence-electron chi connectivity index (χ4n) is 1.10. The lowest BCUT2D eigenvalue weighted by atomic mass is 10.0. The van der Waals surface area contributed by atoms with Crippen LogP contribution in [0, 0.1) is 11.3 Å². The molecule has 1 atom stereocenters. The van der Waals surface area contributed by atoms with Gasteiger partial charge >= 0.3 is 6.09 Å². The molecule has 0 fully saturated rings. The van der Waals surface area contributed by atoms with E-state index in [0.717, 1.165) is 5.56 Å². The maximum atomic E-state index is 11.6. The maximum Gasteiger partial charge on any atom is 0.408 e. The lowest BCUT2D eigenvalue weighted by Gasteiger charge is -2.20. The molecule has 1 aromatic carbocycles. The van der Waals surface area contributed by atoms with E-state index in [-0.39, 0.29) is 6.61 Å². The quantitative estimate of drug-likeness (QED) is 0.872. The van der Waals surface area contributed by atoms with Crippen molar-refractivity contribution in [3.8, 4) is 6.07 Å². The van der Waals surface area contributed by atoms with Crippen LogP contribution < -0.4 is 5.32 Å². The van der Waals surface area contributed by atoms with E-state index in [1.165, 1.54) is 6.92 Å². The second kappa shape index (κ2) is 5.90. The number of carbonyl (C=O) groups excluding carboxylic acids is 1. The minimum atomic E-state index is -2.31. The summed E-state index contributed by atoms with van der Waals surface area (Å²) in [6, 6.07) is 10.8. The molecule has 0 heterocycles. The molecule has 1 aromatic rings. The van der Waals surface area contributed by atoms with Crippen molar-refractivity contribution in [1.82, 2.24) is 5.32 Å². The van der Waals surface area contributed by atoms with Gasteiger partial charge in [0.15, 0.2) is 0 Å². The molecule has 1 amide bonds. The Balaban J connectivity index is 2.54. The van der Waals surface area contributed by atoms with E-state index in [0.29, 0.717) is 0 Å². The van der Waals surface area contributed by atoms with Gasteiger partial charge in [0.05, 0.1) is 6.07 Å². The fourth-order valence-corrected chi connectivity index (χ4v) is 1.10. The van der Waals surface area contributed by atoms with Gasteiger partial charge in [0.1, 0.15) is 12.1 Å². The highest BCUT2D eigenvalue weighted by molar-refractivity contribution is 5.68. The molecule has 90 valence electrons. The Hall–Kier alpha value is -2.02. The van der Waals surface area contributed by atoms with E-state index in [9.17, 15) is 4.79 Å². The number of nitriles is 1. The normalized spacial score (nSPS) is 16.6. The topological polar surface area (TPSA) is 62.1 Å². The smallest absolute Gasteiger partial charge is 0.408 e. The first kappa shape index (κ1) is 9.06. The zero-order valence-corrected chi connectivity index (χ0v) is 9.56. The standard InChI is InChI=1S/C13H16N2O2/c1-3-13(2,10-14)15-12(16)17-9-11-7-5-4-6-8-11/h4-8H,3,9H2,1-2H3,(H,15,16)/i1D3. The molecule has 0 bridgehead atoms. The highest BCUT2D eigenvalue weighted by Gasteiger charge is 2.24. The van der Waals surface area contributed by atoms with Crippen LogP contribution in [0.1, 0.15) is 29.9 Å². The third kappa shape index (κ3) is 4.15. The summed E-state index contributed by atoms with van der Waals surface area (Å²) in [7, 11) is 0. The third-order valence-corrected chi connectivity index (χ3v) is 2.19. The molecule has 0 aliphatic rings. The highest BCUT2D eigenvalue weighted by Crippen LogP contribution is 2.08. The van der Waals surface area contributed by atoms with Gasteiger partial charge in [-0.05, 0) is 18.9 Å². The van der Waals surface area contributed by atoms with Gasteiger partial charge in [0.2, 0.25) is 0 Å². The fraction of sp³-hybridized carbons (Fsp3) is 0.385. The number of benzene rings is 1. The van der Waals surface area contributed by atoms with Crippen molar-refractivity contribution in [2.75, 3.05) is 0 Å². The Morgan fingerprint density at radius 1 is 1.59 bits per heavy atom. The number of amides is 1. The van der Waals surface area contributed by atoms with Crippen molar-refractivity contribution in [3.05, 3.63) is 35.9 Å². The minimum absolute atomic E-state index is 0.0575. The van der Waals surface area contributed by atoms with E-state index < -0.39 is 24.9 Å². The summed E-state index contributed by atoms with van der Waals surface area (Å²) in [4.78, 5) is 11.6. The predicted octanol–water partition coefficient (Wildman–Crippen LogP) is 2.61. The molecular formula is C13H16N2O2. The first-order valence-corrected chi connectivity index (χ1v) is 5.14. The zero-order valence-electron chi connectivity index (χ0n) is 12.6. The van der Waals surface area contributed by atoms with Gasteiger partial charge in [-0.2, -0.15) is 5.26 Å². The Kier molecular flexibility index (Phi) is 3.14. The van der Waals surface area contributed by atoms with E-state index in [4.69, 9.17) is 14.1 Å². The SMILES string of the molecule is [2H]C([2H])([2H])CC(C)(C#N)NC(=O)OCc1ccccc1. The first-order chi connectivity index (χ1) is 9.24. The van der Waals surface area contributed by atoms with Crippen molar-refractivity contribution in [1.29, 1.82) is 5.26 Å². The molecule has 1 unspecified atom stereocenters. The van der Waals surface area contributed by atoms with Crippen LogP contribution in [0.5, 0.6) is 0 Å². The summed E-state index contributed by atoms with van der Waals surface area (Å²) >= 11 is 0. The number of alkyl carbamates (subject to hydrolysis) is 1. The van der Waals surface area contributed by atoms with Gasteiger partial charge in [-0.25, -0.2) is 4.79 Å².